The van der Waals surface area contributed by atoms with Gasteiger partial charge in [0.1, 0.15) is 10.8 Å². The molecule has 0 aliphatic heterocycles. The smallest absolute Gasteiger partial charge is 0.264 e. The number of rotatable bonds is 7. The third-order valence-electron chi connectivity index (χ3n) is 2.65. The molecule has 1 heterocycles. The average Bonchev–Trinajstić information content (AvgIpc) is 2.91. The molecule has 1 aromatic carbocycles. The maximum atomic E-state index is 11.8. The van der Waals surface area contributed by atoms with Crippen LogP contribution in [0.2, 0.25) is 0 Å². The molecule has 112 valence electrons. The lowest BCUT2D eigenvalue weighted by molar-refractivity contribution is -0.118. The summed E-state index contributed by atoms with van der Waals surface area (Å²) in [5.41, 5.74) is 0. The quantitative estimate of drug-likeness (QED) is 0.808. The van der Waals surface area contributed by atoms with Crippen molar-refractivity contribution in [3.05, 3.63) is 33.7 Å². The summed E-state index contributed by atoms with van der Waals surface area (Å²) >= 11 is 4.77. The molecule has 0 bridgehead atoms. The van der Waals surface area contributed by atoms with Gasteiger partial charge in [-0.15, -0.1) is 10.2 Å². The average molecular weight is 370 g/mol. The van der Waals surface area contributed by atoms with E-state index in [2.05, 4.69) is 38.4 Å². The number of unbranched alkanes of at least 4 members (excludes halogenated alkanes) is 1. The number of carbonyl (C=O) groups excluding carboxylic acids is 1. The van der Waals surface area contributed by atoms with E-state index in [9.17, 15) is 4.79 Å². The topological polar surface area (TPSA) is 64.1 Å². The van der Waals surface area contributed by atoms with Crippen LogP contribution in [0.4, 0.5) is 5.13 Å². The molecule has 2 rings (SSSR count). The fraction of sp³-hybridized carbons (Fsp3) is 0.357. The summed E-state index contributed by atoms with van der Waals surface area (Å²) < 4.78 is 6.26. The zero-order chi connectivity index (χ0) is 15.1. The predicted octanol–water partition coefficient (Wildman–Crippen LogP) is 3.66. The molecule has 0 radical (unpaired) electrons. The first-order valence-electron chi connectivity index (χ1n) is 6.68. The summed E-state index contributed by atoms with van der Waals surface area (Å²) in [5, 5.41) is 12.2. The third-order valence-corrected chi connectivity index (χ3v) is 4.21. The minimum Gasteiger partial charge on any atom is -0.483 e. The van der Waals surface area contributed by atoms with Crippen molar-refractivity contribution < 1.29 is 9.53 Å². The van der Waals surface area contributed by atoms with Gasteiger partial charge in [-0.05, 0) is 34.5 Å². The van der Waals surface area contributed by atoms with Crippen LogP contribution in [0.15, 0.2) is 28.7 Å². The Morgan fingerprint density at radius 1 is 1.38 bits per heavy atom. The number of nitrogens with one attached hydrogen (secondary N) is 1. The first kappa shape index (κ1) is 15.9. The van der Waals surface area contributed by atoms with Crippen molar-refractivity contribution in [2.24, 2.45) is 0 Å². The Bertz CT molecular complexity index is 603. The number of nitrogens with zero attached hydrogens (tertiary/aromatic N) is 2. The van der Waals surface area contributed by atoms with Gasteiger partial charge in [-0.25, -0.2) is 0 Å². The first-order valence-corrected chi connectivity index (χ1v) is 8.29. The number of aryl methyl sites for hydroxylation is 1. The Hall–Kier alpha value is -1.47. The van der Waals surface area contributed by atoms with Crippen molar-refractivity contribution in [3.63, 3.8) is 0 Å². The number of benzene rings is 1. The van der Waals surface area contributed by atoms with Gasteiger partial charge in [0.25, 0.3) is 5.91 Å². The molecule has 21 heavy (non-hydrogen) atoms. The molecule has 0 atom stereocenters. The molecule has 0 aliphatic carbocycles. The van der Waals surface area contributed by atoms with Crippen molar-refractivity contribution in [1.82, 2.24) is 10.2 Å². The van der Waals surface area contributed by atoms with E-state index in [1.165, 1.54) is 11.3 Å². The molecule has 0 unspecified atom stereocenters. The van der Waals surface area contributed by atoms with Gasteiger partial charge in [0.15, 0.2) is 6.61 Å². The second kappa shape index (κ2) is 8.09. The summed E-state index contributed by atoms with van der Waals surface area (Å²) in [7, 11) is 0. The highest BCUT2D eigenvalue weighted by molar-refractivity contribution is 9.10. The molecule has 0 aliphatic rings. The van der Waals surface area contributed by atoms with E-state index >= 15 is 0 Å². The fourth-order valence-corrected chi connectivity index (χ4v) is 2.79. The normalized spacial score (nSPS) is 10.4. The van der Waals surface area contributed by atoms with Gasteiger partial charge >= 0.3 is 0 Å². The Labute approximate surface area is 135 Å². The van der Waals surface area contributed by atoms with Crippen LogP contribution in [0.25, 0.3) is 0 Å². The molecule has 0 spiro atoms. The summed E-state index contributed by atoms with van der Waals surface area (Å²) in [4.78, 5) is 11.8. The number of amides is 1. The van der Waals surface area contributed by atoms with Crippen LogP contribution >= 0.6 is 27.3 Å². The Morgan fingerprint density at radius 2 is 2.19 bits per heavy atom. The second-order valence-corrected chi connectivity index (χ2v) is 6.29. The predicted molar refractivity (Wildman–Crippen MR) is 86.8 cm³/mol. The molecule has 7 heteroatoms. The highest BCUT2D eigenvalue weighted by atomic mass is 79.9. The summed E-state index contributed by atoms with van der Waals surface area (Å²) in [5.74, 6) is 0.387. The summed E-state index contributed by atoms with van der Waals surface area (Å²) in [6, 6.07) is 7.39. The van der Waals surface area contributed by atoms with Crippen LogP contribution in [0, 0.1) is 0 Å². The van der Waals surface area contributed by atoms with Crippen molar-refractivity contribution >= 4 is 38.3 Å². The van der Waals surface area contributed by atoms with E-state index in [1.807, 2.05) is 18.2 Å². The molecule has 0 fully saturated rings. The molecular formula is C14H16BrN3O2S. The number of carbonyl (C=O) groups is 1. The lowest BCUT2D eigenvalue weighted by atomic mass is 10.3. The van der Waals surface area contributed by atoms with Crippen molar-refractivity contribution in [2.75, 3.05) is 11.9 Å². The van der Waals surface area contributed by atoms with Gasteiger partial charge in [-0.1, -0.05) is 36.8 Å². The first-order chi connectivity index (χ1) is 10.2. The van der Waals surface area contributed by atoms with E-state index < -0.39 is 0 Å². The fourth-order valence-electron chi connectivity index (χ4n) is 1.59. The maximum Gasteiger partial charge on any atom is 0.264 e. The number of anilines is 1. The standard InChI is InChI=1S/C14H16BrN3O2S/c1-2-3-8-13-17-18-14(21-13)16-12(19)9-20-11-7-5-4-6-10(11)15/h4-7H,2-3,8-9H2,1H3,(H,16,18,19). The third kappa shape index (κ3) is 5.09. The number of para-hydroxylation sites is 1. The highest BCUT2D eigenvalue weighted by Gasteiger charge is 2.09. The summed E-state index contributed by atoms with van der Waals surface area (Å²) in [6.07, 6.45) is 3.09. The van der Waals surface area contributed by atoms with Gasteiger partial charge in [-0.3, -0.25) is 10.1 Å². The van der Waals surface area contributed by atoms with Gasteiger partial charge < -0.3 is 4.74 Å². The molecular weight excluding hydrogens is 354 g/mol. The minimum absolute atomic E-state index is 0.0630. The molecule has 0 saturated carbocycles. The zero-order valence-corrected chi connectivity index (χ0v) is 14.0. The van der Waals surface area contributed by atoms with Crippen LogP contribution in [0.1, 0.15) is 24.8 Å². The number of hydrogen-bond acceptors (Lipinski definition) is 5. The Kier molecular flexibility index (Phi) is 6.13. The largest absolute Gasteiger partial charge is 0.483 e. The van der Waals surface area contributed by atoms with Crippen LogP contribution in [0.5, 0.6) is 5.75 Å². The molecule has 1 aromatic heterocycles. The van der Waals surface area contributed by atoms with Crippen molar-refractivity contribution in [3.8, 4) is 5.75 Å². The zero-order valence-electron chi connectivity index (χ0n) is 11.6. The highest BCUT2D eigenvalue weighted by Crippen LogP contribution is 2.23. The van der Waals surface area contributed by atoms with Crippen LogP contribution < -0.4 is 10.1 Å². The molecule has 5 nitrogen and oxygen atoms in total. The molecule has 0 saturated heterocycles. The second-order valence-electron chi connectivity index (χ2n) is 4.37. The number of halogens is 1. The van der Waals surface area contributed by atoms with Gasteiger partial charge in [0, 0.05) is 6.42 Å². The molecule has 1 amide bonds. The Morgan fingerprint density at radius 3 is 2.95 bits per heavy atom. The molecule has 1 N–H and O–H groups in total. The van der Waals surface area contributed by atoms with Crippen molar-refractivity contribution in [1.29, 1.82) is 0 Å². The minimum atomic E-state index is -0.246. The SMILES string of the molecule is CCCCc1nnc(NC(=O)COc2ccccc2Br)s1. The van der Waals surface area contributed by atoms with E-state index in [1.54, 1.807) is 6.07 Å². The Balaban J connectivity index is 1.82. The number of ether oxygens (including phenoxy) is 1. The van der Waals surface area contributed by atoms with Crippen LogP contribution in [-0.2, 0) is 11.2 Å². The van der Waals surface area contributed by atoms with E-state index in [0.717, 1.165) is 28.7 Å². The number of aromatic nitrogens is 2. The van der Waals surface area contributed by atoms with E-state index in [0.29, 0.717) is 10.9 Å². The maximum absolute atomic E-state index is 11.8. The monoisotopic (exact) mass is 369 g/mol. The van der Waals surface area contributed by atoms with E-state index in [-0.39, 0.29) is 12.5 Å². The van der Waals surface area contributed by atoms with Crippen LogP contribution in [-0.4, -0.2) is 22.7 Å². The van der Waals surface area contributed by atoms with Crippen LogP contribution in [0.3, 0.4) is 0 Å². The lowest BCUT2D eigenvalue weighted by Gasteiger charge is -2.06. The lowest BCUT2D eigenvalue weighted by Crippen LogP contribution is -2.20. The van der Waals surface area contributed by atoms with Crippen molar-refractivity contribution in [2.45, 2.75) is 26.2 Å². The number of hydrogen-bond donors (Lipinski definition) is 1. The van der Waals surface area contributed by atoms with Gasteiger partial charge in [-0.2, -0.15) is 0 Å². The molecule has 2 aromatic rings. The van der Waals surface area contributed by atoms with E-state index in [4.69, 9.17) is 4.74 Å². The van der Waals surface area contributed by atoms with Gasteiger partial charge in [0.2, 0.25) is 5.13 Å². The summed E-state index contributed by atoms with van der Waals surface area (Å²) in [6.45, 7) is 2.06. The van der Waals surface area contributed by atoms with Gasteiger partial charge in [0.05, 0.1) is 4.47 Å².